The van der Waals surface area contributed by atoms with E-state index in [1.54, 1.807) is 0 Å². The molecule has 0 aliphatic heterocycles. The highest BCUT2D eigenvalue weighted by atomic mass is 35.5. The van der Waals surface area contributed by atoms with Gasteiger partial charge in [-0.1, -0.05) is 123 Å². The van der Waals surface area contributed by atoms with E-state index in [-0.39, 0.29) is 12.4 Å². The Morgan fingerprint density at radius 1 is 0.630 bits per heavy atom. The van der Waals surface area contributed by atoms with Gasteiger partial charge in [-0.05, 0) is 19.3 Å². The van der Waals surface area contributed by atoms with E-state index < -0.39 is 0 Å². The molecule has 0 unspecified atom stereocenters. The molecule has 0 amide bonds. The maximum Gasteiger partial charge on any atom is 0.0179 e. The van der Waals surface area contributed by atoms with Gasteiger partial charge in [0.2, 0.25) is 0 Å². The molecule has 0 radical (unpaired) electrons. The fourth-order valence-electron chi connectivity index (χ4n) is 4.07. The summed E-state index contributed by atoms with van der Waals surface area (Å²) in [5.41, 5.74) is 0.352. The summed E-state index contributed by atoms with van der Waals surface area (Å²) >= 11 is 0. The van der Waals surface area contributed by atoms with Crippen molar-refractivity contribution >= 4 is 12.4 Å². The maximum atomic E-state index is 3.85. The second-order valence-electron chi connectivity index (χ2n) is 8.36. The minimum atomic E-state index is 0. The summed E-state index contributed by atoms with van der Waals surface area (Å²) in [6.45, 7) is 11.7. The summed E-state index contributed by atoms with van der Waals surface area (Å²) in [7, 11) is 0. The van der Waals surface area contributed by atoms with E-state index in [0.29, 0.717) is 5.54 Å². The second kappa shape index (κ2) is 22.3. The van der Waals surface area contributed by atoms with E-state index in [1.165, 1.54) is 116 Å². The Balaban J connectivity index is 0. The van der Waals surface area contributed by atoms with Crippen molar-refractivity contribution in [1.82, 2.24) is 5.32 Å². The third kappa shape index (κ3) is 17.8. The lowest BCUT2D eigenvalue weighted by atomic mass is 9.86. The summed E-state index contributed by atoms with van der Waals surface area (Å²) in [5.74, 6) is 0. The van der Waals surface area contributed by atoms with Gasteiger partial charge in [0.1, 0.15) is 0 Å². The highest BCUT2D eigenvalue weighted by molar-refractivity contribution is 5.85. The van der Waals surface area contributed by atoms with Crippen LogP contribution in [0.15, 0.2) is 12.7 Å². The molecule has 0 rings (SSSR count). The molecule has 0 fully saturated rings. The van der Waals surface area contributed by atoms with Crippen LogP contribution < -0.4 is 5.32 Å². The van der Waals surface area contributed by atoms with Crippen LogP contribution in [0.4, 0.5) is 0 Å². The van der Waals surface area contributed by atoms with Gasteiger partial charge in [0.15, 0.2) is 0 Å². The molecule has 0 aromatic rings. The lowest BCUT2D eigenvalue weighted by Crippen LogP contribution is -2.44. The monoisotopic (exact) mass is 401 g/mol. The van der Waals surface area contributed by atoms with Crippen molar-refractivity contribution in [3.05, 3.63) is 12.7 Å². The van der Waals surface area contributed by atoms with Crippen LogP contribution in [0.2, 0.25) is 0 Å². The van der Waals surface area contributed by atoms with E-state index in [4.69, 9.17) is 0 Å². The molecule has 0 aromatic heterocycles. The molecule has 1 nitrogen and oxygen atoms in total. The first-order valence-corrected chi connectivity index (χ1v) is 12.1. The lowest BCUT2D eigenvalue weighted by molar-refractivity contribution is 0.280. The number of unbranched alkanes of at least 4 members (excludes halogenated alkanes) is 14. The van der Waals surface area contributed by atoms with Crippen LogP contribution in [0.3, 0.4) is 0 Å². The number of nitrogens with one attached hydrogen (secondary N) is 1. The molecule has 0 spiro atoms. The van der Waals surface area contributed by atoms with Crippen molar-refractivity contribution in [2.24, 2.45) is 0 Å². The van der Waals surface area contributed by atoms with E-state index in [1.807, 2.05) is 6.08 Å². The van der Waals surface area contributed by atoms with Gasteiger partial charge in [0.05, 0.1) is 0 Å². The molecule has 1 N–H and O–H groups in total. The Kier molecular flexibility index (Phi) is 24.1. The molecule has 27 heavy (non-hydrogen) atoms. The number of halogens is 1. The highest BCUT2D eigenvalue weighted by Gasteiger charge is 2.23. The molecule has 0 atom stereocenters. The van der Waals surface area contributed by atoms with Crippen LogP contribution in [-0.2, 0) is 0 Å². The van der Waals surface area contributed by atoms with Gasteiger partial charge in [-0.2, -0.15) is 0 Å². The van der Waals surface area contributed by atoms with Crippen molar-refractivity contribution in [2.75, 3.05) is 6.54 Å². The van der Waals surface area contributed by atoms with E-state index >= 15 is 0 Å². The molecule has 0 saturated heterocycles. The van der Waals surface area contributed by atoms with E-state index in [2.05, 4.69) is 32.7 Å². The first-order chi connectivity index (χ1) is 12.7. The summed E-state index contributed by atoms with van der Waals surface area (Å²) in [6.07, 6.45) is 27.4. The highest BCUT2D eigenvalue weighted by Crippen LogP contribution is 2.23. The Labute approximate surface area is 179 Å². The number of hydrogen-bond acceptors (Lipinski definition) is 1. The summed E-state index contributed by atoms with van der Waals surface area (Å²) < 4.78 is 0. The Morgan fingerprint density at radius 3 is 1.33 bits per heavy atom. The molecular weight excluding hydrogens is 350 g/mol. The zero-order chi connectivity index (χ0) is 19.3. The van der Waals surface area contributed by atoms with Crippen LogP contribution in [-0.4, -0.2) is 12.1 Å². The summed E-state index contributed by atoms with van der Waals surface area (Å²) in [4.78, 5) is 0. The van der Waals surface area contributed by atoms with E-state index in [9.17, 15) is 0 Å². The Hall–Kier alpha value is -0.0100. The first-order valence-electron chi connectivity index (χ1n) is 12.1. The quantitative estimate of drug-likeness (QED) is 0.149. The van der Waals surface area contributed by atoms with Crippen LogP contribution in [0.25, 0.3) is 0 Å². The molecule has 0 bridgehead atoms. The third-order valence-electron chi connectivity index (χ3n) is 6.23. The van der Waals surface area contributed by atoms with Crippen LogP contribution in [0.1, 0.15) is 136 Å². The van der Waals surface area contributed by atoms with Gasteiger partial charge in [0.25, 0.3) is 0 Å². The Morgan fingerprint density at radius 2 is 1.00 bits per heavy atom. The van der Waals surface area contributed by atoms with Crippen molar-refractivity contribution in [3.63, 3.8) is 0 Å². The molecule has 2 heteroatoms. The largest absolute Gasteiger partial charge is 0.308 e. The minimum absolute atomic E-state index is 0. The standard InChI is InChI=1S/C25H51N.ClH/c1-5-9-10-11-12-13-14-15-16-17-18-19-20-21-22-23-25(7-3,8-4)26-24-6-2;/h6,26H,2,5,7-24H2,1,3-4H3;1H. The smallest absolute Gasteiger partial charge is 0.0179 e. The Bertz CT molecular complexity index is 286. The topological polar surface area (TPSA) is 12.0 Å². The van der Waals surface area contributed by atoms with Gasteiger partial charge in [-0.15, -0.1) is 19.0 Å². The zero-order valence-electron chi connectivity index (χ0n) is 19.1. The zero-order valence-corrected chi connectivity index (χ0v) is 19.9. The van der Waals surface area contributed by atoms with Gasteiger partial charge >= 0.3 is 0 Å². The predicted molar refractivity (Wildman–Crippen MR) is 128 cm³/mol. The first kappa shape index (κ1) is 29.2. The van der Waals surface area contributed by atoms with Gasteiger partial charge in [-0.25, -0.2) is 0 Å². The summed E-state index contributed by atoms with van der Waals surface area (Å²) in [5, 5.41) is 3.71. The average molecular weight is 402 g/mol. The third-order valence-corrected chi connectivity index (χ3v) is 6.23. The van der Waals surface area contributed by atoms with Crippen molar-refractivity contribution in [3.8, 4) is 0 Å². The van der Waals surface area contributed by atoms with Crippen molar-refractivity contribution < 1.29 is 0 Å². The van der Waals surface area contributed by atoms with Crippen LogP contribution in [0.5, 0.6) is 0 Å². The van der Waals surface area contributed by atoms with E-state index in [0.717, 1.165) is 6.54 Å². The molecule has 164 valence electrons. The fraction of sp³-hybridized carbons (Fsp3) is 0.920. The SMILES string of the molecule is C=CCNC(CC)(CC)CCCCCCCCCCCCCCCCC.Cl. The molecule has 0 heterocycles. The molecule has 0 aliphatic carbocycles. The molecule has 0 aliphatic rings. The number of hydrogen-bond donors (Lipinski definition) is 1. The minimum Gasteiger partial charge on any atom is -0.308 e. The van der Waals surface area contributed by atoms with Gasteiger partial charge < -0.3 is 5.32 Å². The van der Waals surface area contributed by atoms with Crippen molar-refractivity contribution in [2.45, 2.75) is 142 Å². The fourth-order valence-corrected chi connectivity index (χ4v) is 4.07. The maximum absolute atomic E-state index is 3.85. The predicted octanol–water partition coefficient (Wildman–Crippen LogP) is 9.00. The average Bonchev–Trinajstić information content (AvgIpc) is 2.67. The lowest BCUT2D eigenvalue weighted by Gasteiger charge is -2.33. The summed E-state index contributed by atoms with van der Waals surface area (Å²) in [6, 6.07) is 0. The molecule has 0 aromatic carbocycles. The normalized spacial score (nSPS) is 11.4. The van der Waals surface area contributed by atoms with Crippen LogP contribution >= 0.6 is 12.4 Å². The molecule has 0 saturated carbocycles. The second-order valence-corrected chi connectivity index (χ2v) is 8.36. The van der Waals surface area contributed by atoms with Gasteiger partial charge in [0, 0.05) is 12.1 Å². The van der Waals surface area contributed by atoms with Crippen molar-refractivity contribution in [1.29, 1.82) is 0 Å². The van der Waals surface area contributed by atoms with Crippen LogP contribution in [0, 0.1) is 0 Å². The number of rotatable bonds is 21. The molecular formula is C25H52ClN. The van der Waals surface area contributed by atoms with Gasteiger partial charge in [-0.3, -0.25) is 0 Å².